The highest BCUT2D eigenvalue weighted by Gasteiger charge is 2.07. The summed E-state index contributed by atoms with van der Waals surface area (Å²) in [5.74, 6) is 0.622. The minimum absolute atomic E-state index is 0.0657. The third-order valence-electron chi connectivity index (χ3n) is 3.65. The topological polar surface area (TPSA) is 111 Å². The van der Waals surface area contributed by atoms with Crippen LogP contribution in [0.3, 0.4) is 0 Å². The number of hydrogen-bond acceptors (Lipinski definition) is 4. The molecule has 146 valence electrons. The zero-order chi connectivity index (χ0) is 19.7. The van der Waals surface area contributed by atoms with Gasteiger partial charge >= 0.3 is 6.03 Å². The van der Waals surface area contributed by atoms with Gasteiger partial charge in [-0.2, -0.15) is 0 Å². The Labute approximate surface area is 163 Å². The summed E-state index contributed by atoms with van der Waals surface area (Å²) < 4.78 is 27.9. The first-order valence-corrected chi connectivity index (χ1v) is 10.3. The fraction of sp³-hybridized carbons (Fsp3) is 0.278. The lowest BCUT2D eigenvalue weighted by Gasteiger charge is -2.09. The SMILES string of the molecule is NS(=O)(=O)c1ccc(CCNC(=O)NCCCOc2ccccc2Cl)cc1. The van der Waals surface area contributed by atoms with Gasteiger partial charge in [0.25, 0.3) is 0 Å². The molecule has 0 saturated carbocycles. The lowest BCUT2D eigenvalue weighted by atomic mass is 10.1. The summed E-state index contributed by atoms with van der Waals surface area (Å²) in [5, 5.41) is 11.1. The Kier molecular flexibility index (Phi) is 7.90. The van der Waals surface area contributed by atoms with Gasteiger partial charge in [0, 0.05) is 13.1 Å². The fourth-order valence-corrected chi connectivity index (χ4v) is 2.95. The minimum atomic E-state index is -3.69. The largest absolute Gasteiger partial charge is 0.492 e. The van der Waals surface area contributed by atoms with E-state index in [9.17, 15) is 13.2 Å². The maximum absolute atomic E-state index is 11.7. The summed E-state index contributed by atoms with van der Waals surface area (Å²) in [6.07, 6.45) is 1.22. The summed E-state index contributed by atoms with van der Waals surface area (Å²) in [5.41, 5.74) is 0.899. The first kappa shape index (κ1) is 21.0. The highest BCUT2D eigenvalue weighted by molar-refractivity contribution is 7.89. The molecule has 0 saturated heterocycles. The molecule has 4 N–H and O–H groups in total. The number of hydrogen-bond donors (Lipinski definition) is 3. The molecule has 2 aromatic carbocycles. The number of primary sulfonamides is 1. The highest BCUT2D eigenvalue weighted by Crippen LogP contribution is 2.22. The summed E-state index contributed by atoms with van der Waals surface area (Å²) >= 11 is 5.99. The zero-order valence-electron chi connectivity index (χ0n) is 14.7. The van der Waals surface area contributed by atoms with Crippen LogP contribution < -0.4 is 20.5 Å². The van der Waals surface area contributed by atoms with Crippen molar-refractivity contribution in [2.45, 2.75) is 17.7 Å². The molecular formula is C18H22ClN3O4S. The van der Waals surface area contributed by atoms with Crippen LogP contribution in [0.15, 0.2) is 53.4 Å². The zero-order valence-corrected chi connectivity index (χ0v) is 16.2. The molecule has 0 radical (unpaired) electrons. The van der Waals surface area contributed by atoms with E-state index in [0.717, 1.165) is 5.56 Å². The van der Waals surface area contributed by atoms with Crippen molar-refractivity contribution in [3.8, 4) is 5.75 Å². The Morgan fingerprint density at radius 1 is 1.04 bits per heavy atom. The summed E-state index contributed by atoms with van der Waals surface area (Å²) in [4.78, 5) is 11.8. The molecule has 2 amide bonds. The Morgan fingerprint density at radius 2 is 1.70 bits per heavy atom. The number of carbonyl (C=O) groups is 1. The van der Waals surface area contributed by atoms with Gasteiger partial charge in [-0.25, -0.2) is 18.4 Å². The van der Waals surface area contributed by atoms with E-state index >= 15 is 0 Å². The number of urea groups is 1. The van der Waals surface area contributed by atoms with Crippen molar-refractivity contribution in [3.05, 3.63) is 59.1 Å². The molecule has 2 aromatic rings. The van der Waals surface area contributed by atoms with Crippen LogP contribution in [0.25, 0.3) is 0 Å². The van der Waals surface area contributed by atoms with Crippen LogP contribution in [0.5, 0.6) is 5.75 Å². The molecular weight excluding hydrogens is 390 g/mol. The van der Waals surface area contributed by atoms with Gasteiger partial charge in [-0.05, 0) is 42.7 Å². The van der Waals surface area contributed by atoms with Crippen LogP contribution in [0.1, 0.15) is 12.0 Å². The second kappa shape index (κ2) is 10.1. The molecule has 0 heterocycles. The Hall–Kier alpha value is -2.29. The fourth-order valence-electron chi connectivity index (χ4n) is 2.25. The molecule has 0 bridgehead atoms. The number of nitrogens with two attached hydrogens (primary N) is 1. The number of sulfonamides is 1. The first-order valence-electron chi connectivity index (χ1n) is 8.37. The predicted molar refractivity (Wildman–Crippen MR) is 104 cm³/mol. The predicted octanol–water partition coefficient (Wildman–Crippen LogP) is 2.30. The molecule has 0 unspecified atom stereocenters. The van der Waals surface area contributed by atoms with Crippen molar-refractivity contribution in [3.63, 3.8) is 0 Å². The Balaban J connectivity index is 1.59. The van der Waals surface area contributed by atoms with E-state index in [1.165, 1.54) is 12.1 Å². The van der Waals surface area contributed by atoms with Gasteiger partial charge in [-0.3, -0.25) is 0 Å². The molecule has 0 aliphatic carbocycles. The quantitative estimate of drug-likeness (QED) is 0.550. The maximum Gasteiger partial charge on any atom is 0.314 e. The Morgan fingerprint density at radius 3 is 2.37 bits per heavy atom. The molecule has 0 aliphatic rings. The van der Waals surface area contributed by atoms with Crippen molar-refractivity contribution in [1.82, 2.24) is 10.6 Å². The lowest BCUT2D eigenvalue weighted by molar-refractivity contribution is 0.239. The molecule has 0 aliphatic heterocycles. The number of nitrogens with one attached hydrogen (secondary N) is 2. The molecule has 7 nitrogen and oxygen atoms in total. The molecule has 9 heteroatoms. The van der Waals surface area contributed by atoms with Crippen LogP contribution in [-0.4, -0.2) is 34.1 Å². The van der Waals surface area contributed by atoms with Gasteiger partial charge in [-0.1, -0.05) is 35.9 Å². The molecule has 27 heavy (non-hydrogen) atoms. The van der Waals surface area contributed by atoms with Crippen LogP contribution in [0, 0.1) is 0 Å². The third kappa shape index (κ3) is 7.46. The number of halogens is 1. The van der Waals surface area contributed by atoms with Gasteiger partial charge < -0.3 is 15.4 Å². The lowest BCUT2D eigenvalue weighted by Crippen LogP contribution is -2.37. The summed E-state index contributed by atoms with van der Waals surface area (Å²) in [6, 6.07) is 13.2. The number of ether oxygens (including phenoxy) is 1. The molecule has 0 atom stereocenters. The summed E-state index contributed by atoms with van der Waals surface area (Å²) in [7, 11) is -3.69. The summed E-state index contributed by atoms with van der Waals surface area (Å²) in [6.45, 7) is 1.34. The van der Waals surface area contributed by atoms with E-state index in [4.69, 9.17) is 21.5 Å². The van der Waals surface area contributed by atoms with Crippen LogP contribution in [0.4, 0.5) is 4.79 Å². The maximum atomic E-state index is 11.7. The second-order valence-electron chi connectivity index (χ2n) is 5.75. The van der Waals surface area contributed by atoms with E-state index in [1.807, 2.05) is 12.1 Å². The van der Waals surface area contributed by atoms with E-state index in [1.54, 1.807) is 24.3 Å². The van der Waals surface area contributed by atoms with E-state index in [2.05, 4.69) is 10.6 Å². The minimum Gasteiger partial charge on any atom is -0.492 e. The second-order valence-corrected chi connectivity index (χ2v) is 7.72. The van der Waals surface area contributed by atoms with E-state index in [0.29, 0.717) is 43.3 Å². The van der Waals surface area contributed by atoms with Crippen LogP contribution >= 0.6 is 11.6 Å². The number of amides is 2. The highest BCUT2D eigenvalue weighted by atomic mass is 35.5. The standard InChI is InChI=1S/C18H22ClN3O4S/c19-16-4-1-2-5-17(16)26-13-3-11-21-18(23)22-12-10-14-6-8-15(9-7-14)27(20,24)25/h1-2,4-9H,3,10-13H2,(H2,20,24,25)(H2,21,22,23). The van der Waals surface area contributed by atoms with E-state index in [-0.39, 0.29) is 10.9 Å². The van der Waals surface area contributed by atoms with Crippen molar-refractivity contribution in [1.29, 1.82) is 0 Å². The van der Waals surface area contributed by atoms with Gasteiger partial charge in [-0.15, -0.1) is 0 Å². The van der Waals surface area contributed by atoms with Gasteiger partial charge in [0.05, 0.1) is 16.5 Å². The van der Waals surface area contributed by atoms with Crippen LogP contribution in [0.2, 0.25) is 5.02 Å². The van der Waals surface area contributed by atoms with Crippen molar-refractivity contribution >= 4 is 27.7 Å². The average Bonchev–Trinajstić information content (AvgIpc) is 2.62. The normalized spacial score (nSPS) is 11.0. The number of carbonyl (C=O) groups excluding carboxylic acids is 1. The molecule has 0 fully saturated rings. The van der Waals surface area contributed by atoms with Gasteiger partial charge in [0.2, 0.25) is 10.0 Å². The smallest absolute Gasteiger partial charge is 0.314 e. The van der Waals surface area contributed by atoms with Crippen LogP contribution in [-0.2, 0) is 16.4 Å². The van der Waals surface area contributed by atoms with E-state index < -0.39 is 10.0 Å². The number of benzene rings is 2. The van der Waals surface area contributed by atoms with Crippen molar-refractivity contribution < 1.29 is 17.9 Å². The number of para-hydroxylation sites is 1. The first-order chi connectivity index (χ1) is 12.9. The third-order valence-corrected chi connectivity index (χ3v) is 4.89. The molecule has 0 spiro atoms. The van der Waals surface area contributed by atoms with Crippen molar-refractivity contribution in [2.75, 3.05) is 19.7 Å². The average molecular weight is 412 g/mol. The molecule has 2 rings (SSSR count). The number of rotatable bonds is 9. The van der Waals surface area contributed by atoms with Gasteiger partial charge in [0.15, 0.2) is 0 Å². The monoisotopic (exact) mass is 411 g/mol. The molecule has 0 aromatic heterocycles. The van der Waals surface area contributed by atoms with Crippen molar-refractivity contribution in [2.24, 2.45) is 5.14 Å². The Bertz CT molecular complexity index is 857. The van der Waals surface area contributed by atoms with Gasteiger partial charge in [0.1, 0.15) is 5.75 Å².